The van der Waals surface area contributed by atoms with Gasteiger partial charge in [-0.15, -0.1) is 0 Å². The van der Waals surface area contributed by atoms with Gasteiger partial charge >= 0.3 is 11.8 Å². The Hall–Kier alpha value is -5.10. The summed E-state index contributed by atoms with van der Waals surface area (Å²) in [5, 5.41) is 8.95. The van der Waals surface area contributed by atoms with E-state index < -0.39 is 17.6 Å². The van der Waals surface area contributed by atoms with Crippen molar-refractivity contribution in [3.05, 3.63) is 72.2 Å². The van der Waals surface area contributed by atoms with Crippen molar-refractivity contribution in [2.75, 3.05) is 52.4 Å². The van der Waals surface area contributed by atoms with Gasteiger partial charge in [0, 0.05) is 29.9 Å². The lowest BCUT2D eigenvalue weighted by Gasteiger charge is -2.23. The van der Waals surface area contributed by atoms with E-state index in [9.17, 15) is 9.59 Å². The number of methoxy groups -OCH3 is 2. The molecule has 3 N–H and O–H groups in total. The maximum atomic E-state index is 15.1. The molecule has 5 rings (SSSR count). The van der Waals surface area contributed by atoms with Crippen LogP contribution in [0.2, 0.25) is 0 Å². The van der Waals surface area contributed by atoms with Gasteiger partial charge in [-0.05, 0) is 93.2 Å². The molecule has 12 heteroatoms. The maximum absolute atomic E-state index is 15.1. The van der Waals surface area contributed by atoms with E-state index in [1.165, 1.54) is 12.1 Å². The molecular formula is C35H39FN4O7. The number of aromatic nitrogens is 1. The van der Waals surface area contributed by atoms with E-state index in [4.69, 9.17) is 23.7 Å². The molecule has 1 saturated heterocycles. The fourth-order valence-electron chi connectivity index (χ4n) is 5.32. The van der Waals surface area contributed by atoms with Gasteiger partial charge in [0.2, 0.25) is 0 Å². The molecule has 3 aromatic carbocycles. The number of pyridine rings is 1. The largest absolute Gasteiger partial charge is 0.493 e. The number of anilines is 1. The first-order valence-electron chi connectivity index (χ1n) is 15.6. The molecule has 0 bridgehead atoms. The van der Waals surface area contributed by atoms with Gasteiger partial charge in [0.1, 0.15) is 11.3 Å². The number of piperidine rings is 1. The number of carbonyl (C=O) groups is 2. The van der Waals surface area contributed by atoms with Gasteiger partial charge in [-0.1, -0.05) is 6.07 Å². The monoisotopic (exact) mass is 646 g/mol. The zero-order valence-electron chi connectivity index (χ0n) is 26.7. The standard InChI is InChI=1S/C35H39FN4O7/c1-4-45-29-8-5-22(19-31(29)43-2)13-17-39-34(41)35(42)40-24-6-9-28(26(36)20-24)47-27-14-18-38-32-25(27)7-10-30(33(32)44-3)46-21-23-11-15-37-16-12-23/h5-10,14,18-20,23,37H,4,11-13,15-17,21H2,1-3H3,(H,39,41)(H,40,42). The van der Waals surface area contributed by atoms with Crippen LogP contribution in [0.15, 0.2) is 60.8 Å². The first-order chi connectivity index (χ1) is 22.9. The van der Waals surface area contributed by atoms with E-state index in [0.717, 1.165) is 37.6 Å². The van der Waals surface area contributed by atoms with Crippen molar-refractivity contribution in [2.45, 2.75) is 26.2 Å². The summed E-state index contributed by atoms with van der Waals surface area (Å²) in [6.45, 7) is 5.14. The van der Waals surface area contributed by atoms with Crippen molar-refractivity contribution in [2.24, 2.45) is 5.92 Å². The van der Waals surface area contributed by atoms with Crippen molar-refractivity contribution < 1.29 is 37.7 Å². The average Bonchev–Trinajstić information content (AvgIpc) is 3.09. The lowest BCUT2D eigenvalue weighted by Crippen LogP contribution is -2.36. The highest BCUT2D eigenvalue weighted by molar-refractivity contribution is 6.39. The molecule has 11 nitrogen and oxygen atoms in total. The van der Waals surface area contributed by atoms with Crippen LogP contribution in [0.1, 0.15) is 25.3 Å². The minimum absolute atomic E-state index is 0.0732. The zero-order valence-corrected chi connectivity index (χ0v) is 26.7. The summed E-state index contributed by atoms with van der Waals surface area (Å²) in [7, 11) is 3.10. The van der Waals surface area contributed by atoms with Gasteiger partial charge in [-0.2, -0.15) is 0 Å². The highest BCUT2D eigenvalue weighted by atomic mass is 19.1. The molecule has 248 valence electrons. The Kier molecular flexibility index (Phi) is 11.3. The molecule has 1 aliphatic rings. The van der Waals surface area contributed by atoms with Crippen molar-refractivity contribution in [3.8, 4) is 34.5 Å². The van der Waals surface area contributed by atoms with Gasteiger partial charge in [-0.25, -0.2) is 4.39 Å². The van der Waals surface area contributed by atoms with Crippen LogP contribution in [0.3, 0.4) is 0 Å². The number of fused-ring (bicyclic) bond motifs is 1. The molecule has 1 aliphatic heterocycles. The maximum Gasteiger partial charge on any atom is 0.313 e. The highest BCUT2D eigenvalue weighted by Crippen LogP contribution is 2.40. The van der Waals surface area contributed by atoms with E-state index in [2.05, 4.69) is 20.9 Å². The fourth-order valence-corrected chi connectivity index (χ4v) is 5.32. The van der Waals surface area contributed by atoms with Gasteiger partial charge in [-0.3, -0.25) is 14.6 Å². The van der Waals surface area contributed by atoms with Crippen molar-refractivity contribution in [1.82, 2.24) is 15.6 Å². The van der Waals surface area contributed by atoms with Crippen LogP contribution in [0, 0.1) is 11.7 Å². The van der Waals surface area contributed by atoms with E-state index in [1.54, 1.807) is 44.7 Å². The summed E-state index contributed by atoms with van der Waals surface area (Å²) >= 11 is 0. The molecular weight excluding hydrogens is 607 g/mol. The van der Waals surface area contributed by atoms with Crippen LogP contribution in [-0.2, 0) is 16.0 Å². The van der Waals surface area contributed by atoms with Crippen LogP contribution in [0.4, 0.5) is 10.1 Å². The number of nitrogens with zero attached hydrogens (tertiary/aromatic N) is 1. The van der Waals surface area contributed by atoms with Crippen LogP contribution in [0.25, 0.3) is 10.9 Å². The van der Waals surface area contributed by atoms with E-state index >= 15 is 4.39 Å². The van der Waals surface area contributed by atoms with E-state index in [-0.39, 0.29) is 18.0 Å². The third kappa shape index (κ3) is 8.39. The van der Waals surface area contributed by atoms with E-state index in [0.29, 0.717) is 65.2 Å². The molecule has 0 radical (unpaired) electrons. The molecule has 0 aliphatic carbocycles. The Bertz CT molecular complexity index is 1710. The van der Waals surface area contributed by atoms with Crippen molar-refractivity contribution in [1.29, 1.82) is 0 Å². The predicted molar refractivity (Wildman–Crippen MR) is 175 cm³/mol. The Morgan fingerprint density at radius 3 is 2.43 bits per heavy atom. The van der Waals surface area contributed by atoms with Crippen LogP contribution in [-0.4, -0.2) is 63.9 Å². The molecule has 0 saturated carbocycles. The summed E-state index contributed by atoms with van der Waals surface area (Å²) in [6, 6.07) is 14.6. The SMILES string of the molecule is CCOc1ccc(CCNC(=O)C(=O)Nc2ccc(Oc3ccnc4c(OC)c(OCC5CCNCC5)ccc34)c(F)c2)cc1OC. The number of ether oxygens (including phenoxy) is 5. The second-order valence-electron chi connectivity index (χ2n) is 10.9. The summed E-state index contributed by atoms with van der Waals surface area (Å²) in [4.78, 5) is 29.4. The summed E-state index contributed by atoms with van der Waals surface area (Å²) < 4.78 is 43.7. The Morgan fingerprint density at radius 2 is 1.68 bits per heavy atom. The molecule has 1 fully saturated rings. The van der Waals surface area contributed by atoms with Crippen LogP contribution >= 0.6 is 0 Å². The van der Waals surface area contributed by atoms with Gasteiger partial charge in [0.25, 0.3) is 0 Å². The molecule has 47 heavy (non-hydrogen) atoms. The molecule has 0 spiro atoms. The van der Waals surface area contributed by atoms with Crippen molar-refractivity contribution in [3.63, 3.8) is 0 Å². The number of benzene rings is 3. The zero-order chi connectivity index (χ0) is 33.2. The number of hydrogen-bond acceptors (Lipinski definition) is 9. The number of rotatable bonds is 13. The Morgan fingerprint density at radius 1 is 0.894 bits per heavy atom. The average molecular weight is 647 g/mol. The second kappa shape index (κ2) is 15.9. The molecule has 0 atom stereocenters. The number of carbonyl (C=O) groups excluding carboxylic acids is 2. The van der Waals surface area contributed by atoms with E-state index in [1.807, 2.05) is 19.1 Å². The number of hydrogen-bond donors (Lipinski definition) is 3. The lowest BCUT2D eigenvalue weighted by molar-refractivity contribution is -0.136. The van der Waals surface area contributed by atoms with Crippen LogP contribution in [0.5, 0.6) is 34.5 Å². The second-order valence-corrected chi connectivity index (χ2v) is 10.9. The molecule has 1 aromatic heterocycles. The number of amides is 2. The van der Waals surface area contributed by atoms with Crippen LogP contribution < -0.4 is 39.6 Å². The fraction of sp³-hybridized carbons (Fsp3) is 0.343. The third-order valence-electron chi connectivity index (χ3n) is 7.77. The lowest BCUT2D eigenvalue weighted by atomic mass is 9.99. The Balaban J connectivity index is 1.18. The number of nitrogens with one attached hydrogen (secondary N) is 3. The van der Waals surface area contributed by atoms with Crippen molar-refractivity contribution >= 4 is 28.4 Å². The topological polar surface area (TPSA) is 129 Å². The summed E-state index contributed by atoms with van der Waals surface area (Å²) in [6.07, 6.45) is 4.11. The minimum Gasteiger partial charge on any atom is -0.493 e. The quantitative estimate of drug-likeness (QED) is 0.167. The highest BCUT2D eigenvalue weighted by Gasteiger charge is 2.19. The summed E-state index contributed by atoms with van der Waals surface area (Å²) in [5.41, 5.74) is 1.51. The molecule has 0 unspecified atom stereocenters. The third-order valence-corrected chi connectivity index (χ3v) is 7.77. The molecule has 2 heterocycles. The van der Waals surface area contributed by atoms with Gasteiger partial charge in [0.05, 0.1) is 27.4 Å². The van der Waals surface area contributed by atoms with Gasteiger partial charge < -0.3 is 39.6 Å². The first-order valence-corrected chi connectivity index (χ1v) is 15.6. The summed E-state index contributed by atoms with van der Waals surface area (Å²) in [5.74, 6) is 0.509. The number of halogens is 1. The normalized spacial score (nSPS) is 13.1. The first kappa shape index (κ1) is 33.3. The predicted octanol–water partition coefficient (Wildman–Crippen LogP) is 5.26. The van der Waals surface area contributed by atoms with Gasteiger partial charge in [0.15, 0.2) is 34.6 Å². The minimum atomic E-state index is -0.923. The molecule has 2 amide bonds. The smallest absolute Gasteiger partial charge is 0.313 e. The molecule has 4 aromatic rings. The Labute approximate surface area is 272 Å².